The zero-order valence-corrected chi connectivity index (χ0v) is 18.9. The summed E-state index contributed by atoms with van der Waals surface area (Å²) in [5, 5.41) is 45.7. The second kappa shape index (κ2) is 12.6. The monoisotopic (exact) mass is 498 g/mol. The summed E-state index contributed by atoms with van der Waals surface area (Å²) in [6.45, 7) is -1.33. The molecule has 1 aromatic carbocycles. The minimum Gasteiger partial charge on any atom is -0.480 e. The van der Waals surface area contributed by atoms with E-state index in [1.807, 2.05) is 0 Å². The zero-order valence-electron chi connectivity index (χ0n) is 18.9. The van der Waals surface area contributed by atoms with Gasteiger partial charge in [0.15, 0.2) is 0 Å². The van der Waals surface area contributed by atoms with Gasteiger partial charge in [0.2, 0.25) is 5.91 Å². The first-order valence-electron chi connectivity index (χ1n) is 10.0. The quantitative estimate of drug-likeness (QED) is 0.271. The Bertz CT molecular complexity index is 966. The van der Waals surface area contributed by atoms with Crippen molar-refractivity contribution in [3.63, 3.8) is 0 Å². The third-order valence-electron chi connectivity index (χ3n) is 5.02. The molecule has 0 fully saturated rings. The molecule has 1 rings (SSSR count). The molecule has 0 heterocycles. The Labute approximate surface area is 199 Å². The number of carbonyl (C=O) groups excluding carboxylic acids is 1. The third kappa shape index (κ3) is 8.38. The molecule has 35 heavy (non-hydrogen) atoms. The molecule has 0 saturated carbocycles. The van der Waals surface area contributed by atoms with E-state index in [1.54, 1.807) is 0 Å². The van der Waals surface area contributed by atoms with Crippen molar-refractivity contribution in [1.82, 2.24) is 14.7 Å². The van der Waals surface area contributed by atoms with E-state index in [0.29, 0.717) is 20.4 Å². The van der Waals surface area contributed by atoms with Crippen LogP contribution in [0, 0.1) is 0 Å². The number of likely N-dealkylation sites (N-methyl/N-ethyl adjacent to an activating group) is 1. The van der Waals surface area contributed by atoms with Gasteiger partial charge in [-0.2, -0.15) is 0 Å². The smallest absolute Gasteiger partial charge is 0.408 e. The molecule has 15 heteroatoms. The highest BCUT2D eigenvalue weighted by atomic mass is 16.4. The molecule has 4 amide bonds. The van der Waals surface area contributed by atoms with Crippen molar-refractivity contribution in [2.75, 3.05) is 44.7 Å². The minimum absolute atomic E-state index is 0.00612. The maximum absolute atomic E-state index is 12.8. The average Bonchev–Trinajstić information content (AvgIpc) is 2.78. The maximum Gasteiger partial charge on any atom is 0.408 e. The summed E-state index contributed by atoms with van der Waals surface area (Å²) in [5.41, 5.74) is 0.296. The third-order valence-corrected chi connectivity index (χ3v) is 5.02. The number of aromatic carboxylic acids is 1. The first-order chi connectivity index (χ1) is 16.3. The van der Waals surface area contributed by atoms with Gasteiger partial charge in [-0.05, 0) is 31.2 Å². The molecule has 0 aliphatic rings. The molecule has 0 bridgehead atoms. The molecule has 5 N–H and O–H groups in total. The van der Waals surface area contributed by atoms with Crippen molar-refractivity contribution in [2.45, 2.75) is 13.0 Å². The zero-order chi connectivity index (χ0) is 26.9. The van der Waals surface area contributed by atoms with Crippen LogP contribution in [0.15, 0.2) is 24.3 Å². The fourth-order valence-corrected chi connectivity index (χ4v) is 3.00. The molecule has 1 aromatic rings. The predicted molar refractivity (Wildman–Crippen MR) is 118 cm³/mol. The summed E-state index contributed by atoms with van der Waals surface area (Å²) in [7, 11) is 1.36. The Morgan fingerprint density at radius 2 is 1.23 bits per heavy atom. The van der Waals surface area contributed by atoms with Crippen molar-refractivity contribution < 1.29 is 54.3 Å². The van der Waals surface area contributed by atoms with Gasteiger partial charge in [-0.1, -0.05) is 0 Å². The number of amides is 4. The highest BCUT2D eigenvalue weighted by Gasteiger charge is 2.29. The molecule has 15 nitrogen and oxygen atoms in total. The van der Waals surface area contributed by atoms with Gasteiger partial charge in [-0.15, -0.1) is 0 Å². The molecule has 1 atom stereocenters. The lowest BCUT2D eigenvalue weighted by molar-refractivity contribution is -0.138. The van der Waals surface area contributed by atoms with Gasteiger partial charge in [-0.25, -0.2) is 19.2 Å². The van der Waals surface area contributed by atoms with Crippen LogP contribution in [0.4, 0.5) is 20.1 Å². The van der Waals surface area contributed by atoms with Crippen LogP contribution in [-0.4, -0.2) is 122 Å². The van der Waals surface area contributed by atoms with E-state index in [2.05, 4.69) is 0 Å². The molecule has 1 unspecified atom stereocenters. The topological polar surface area (TPSA) is 217 Å². The Morgan fingerprint density at radius 1 is 0.743 bits per heavy atom. The number of hydrogen-bond donors (Lipinski definition) is 5. The lowest BCUT2D eigenvalue weighted by atomic mass is 10.2. The Kier molecular flexibility index (Phi) is 10.3. The number of carboxylic acid groups (broad SMARTS) is 5. The van der Waals surface area contributed by atoms with E-state index in [9.17, 15) is 39.0 Å². The Hall–Kier alpha value is -4.56. The molecule has 0 aliphatic carbocycles. The van der Waals surface area contributed by atoms with Crippen molar-refractivity contribution in [2.24, 2.45) is 0 Å². The number of carbonyl (C=O) groups is 6. The van der Waals surface area contributed by atoms with Crippen molar-refractivity contribution >= 4 is 41.8 Å². The number of carboxylic acids is 2. The van der Waals surface area contributed by atoms with Crippen molar-refractivity contribution in [1.29, 1.82) is 0 Å². The minimum atomic E-state index is -1.57. The highest BCUT2D eigenvalue weighted by molar-refractivity contribution is 5.98. The summed E-state index contributed by atoms with van der Waals surface area (Å²) >= 11 is 0. The second-order valence-electron chi connectivity index (χ2n) is 7.27. The largest absolute Gasteiger partial charge is 0.480 e. The lowest BCUT2D eigenvalue weighted by Crippen LogP contribution is -2.51. The lowest BCUT2D eigenvalue weighted by Gasteiger charge is -2.31. The first kappa shape index (κ1) is 28.5. The van der Waals surface area contributed by atoms with Crippen LogP contribution < -0.4 is 4.90 Å². The summed E-state index contributed by atoms with van der Waals surface area (Å²) in [5.74, 6) is -3.26. The van der Waals surface area contributed by atoms with E-state index >= 15 is 0 Å². The number of nitrogens with zero attached hydrogens (tertiary/aromatic N) is 4. The highest BCUT2D eigenvalue weighted by Crippen LogP contribution is 2.16. The normalized spacial score (nSPS) is 11.1. The van der Waals surface area contributed by atoms with Gasteiger partial charge in [0.25, 0.3) is 0 Å². The number of hydrogen-bond acceptors (Lipinski definition) is 6. The number of anilines is 1. The van der Waals surface area contributed by atoms with Crippen LogP contribution in [0.1, 0.15) is 17.3 Å². The van der Waals surface area contributed by atoms with Crippen molar-refractivity contribution in [3.8, 4) is 0 Å². The van der Waals surface area contributed by atoms with Gasteiger partial charge in [-0.3, -0.25) is 19.4 Å². The molecule has 192 valence electrons. The first-order valence-corrected chi connectivity index (χ1v) is 10.0. The van der Waals surface area contributed by atoms with Gasteiger partial charge < -0.3 is 35.3 Å². The van der Waals surface area contributed by atoms with E-state index < -0.39 is 74.9 Å². The fourth-order valence-electron chi connectivity index (χ4n) is 3.00. The summed E-state index contributed by atoms with van der Waals surface area (Å²) < 4.78 is 0. The van der Waals surface area contributed by atoms with E-state index in [-0.39, 0.29) is 5.56 Å². The molecule has 0 saturated heterocycles. The summed E-state index contributed by atoms with van der Waals surface area (Å²) in [6, 6.07) is 4.04. The number of rotatable bonds is 12. The maximum atomic E-state index is 12.8. The molecule has 0 spiro atoms. The van der Waals surface area contributed by atoms with Crippen LogP contribution >= 0.6 is 0 Å². The summed E-state index contributed by atoms with van der Waals surface area (Å²) in [6.07, 6.45) is -4.57. The summed E-state index contributed by atoms with van der Waals surface area (Å²) in [4.78, 5) is 72.0. The SMILES string of the molecule is CC(C(=O)N(C)c1ccc(C(=O)O)cc1)N(CCN(CCN(CC(=O)O)C(=O)O)C(=O)O)C(=O)O. The molecule has 0 radical (unpaired) electrons. The average molecular weight is 498 g/mol. The molecule has 0 aromatic heterocycles. The van der Waals surface area contributed by atoms with Crippen LogP contribution in [0.5, 0.6) is 0 Å². The Balaban J connectivity index is 2.89. The van der Waals surface area contributed by atoms with Crippen molar-refractivity contribution in [3.05, 3.63) is 29.8 Å². The van der Waals surface area contributed by atoms with Gasteiger partial charge in [0, 0.05) is 38.9 Å². The fraction of sp³-hybridized carbons (Fsp3) is 0.400. The van der Waals surface area contributed by atoms with Crippen LogP contribution in [0.3, 0.4) is 0 Å². The van der Waals surface area contributed by atoms with E-state index in [4.69, 9.17) is 15.3 Å². The predicted octanol–water partition coefficient (Wildman–Crippen LogP) is 0.761. The van der Waals surface area contributed by atoms with Gasteiger partial charge in [0.05, 0.1) is 5.56 Å². The van der Waals surface area contributed by atoms with Crippen LogP contribution in [-0.2, 0) is 9.59 Å². The van der Waals surface area contributed by atoms with Crippen LogP contribution in [0.2, 0.25) is 0 Å². The van der Waals surface area contributed by atoms with Crippen LogP contribution in [0.25, 0.3) is 0 Å². The standard InChI is InChI=1S/C20H26N4O11/c1-12(16(27)21(2)14-5-3-13(4-6-14)17(28)29)24(20(34)35)10-9-22(18(30)31)7-8-23(19(32)33)11-15(25)26/h3-6,12H,7-11H2,1-2H3,(H,25,26)(H,28,29)(H,30,31)(H,32,33)(H,34,35). The number of aliphatic carboxylic acids is 1. The van der Waals surface area contributed by atoms with E-state index in [0.717, 1.165) is 4.90 Å². The number of benzene rings is 1. The van der Waals surface area contributed by atoms with Gasteiger partial charge >= 0.3 is 30.2 Å². The second-order valence-corrected chi connectivity index (χ2v) is 7.27. The Morgan fingerprint density at radius 3 is 1.66 bits per heavy atom. The van der Waals surface area contributed by atoms with E-state index in [1.165, 1.54) is 38.2 Å². The van der Waals surface area contributed by atoms with Gasteiger partial charge in [0.1, 0.15) is 12.6 Å². The molecule has 0 aliphatic heterocycles. The molecular formula is C20H26N4O11. The molecular weight excluding hydrogens is 472 g/mol.